The Morgan fingerprint density at radius 1 is 1.50 bits per heavy atom. The fourth-order valence-electron chi connectivity index (χ4n) is 1.54. The first kappa shape index (κ1) is 10.8. The highest BCUT2D eigenvalue weighted by Crippen LogP contribution is 2.31. The summed E-state index contributed by atoms with van der Waals surface area (Å²) in [5.41, 5.74) is 6.48. The van der Waals surface area contributed by atoms with E-state index in [2.05, 4.69) is 0 Å². The average Bonchev–Trinajstić information content (AvgIpc) is 2.25. The minimum Gasteiger partial charge on any atom is -0.484 e. The van der Waals surface area contributed by atoms with E-state index in [1.165, 1.54) is 0 Å². The molecule has 0 amide bonds. The molecule has 5 nitrogen and oxygen atoms in total. The molecule has 0 aliphatic carbocycles. The number of hydrogen-bond acceptors (Lipinski definition) is 4. The number of aliphatic carboxylic acids is 1. The van der Waals surface area contributed by atoms with Crippen molar-refractivity contribution in [2.45, 2.75) is 19.1 Å². The number of nitrogens with two attached hydrogens (primary N) is 1. The maximum absolute atomic E-state index is 10.4. The molecule has 2 rings (SSSR count). The number of aryl methyl sites for hydroxylation is 1. The predicted molar refractivity (Wildman–Crippen MR) is 56.5 cm³/mol. The lowest BCUT2D eigenvalue weighted by molar-refractivity contribution is -0.136. The van der Waals surface area contributed by atoms with Gasteiger partial charge in [-0.3, -0.25) is 10.5 Å². The molecule has 1 aliphatic heterocycles. The Bertz CT molecular complexity index is 405. The van der Waals surface area contributed by atoms with Crippen LogP contribution in [-0.2, 0) is 11.2 Å². The van der Waals surface area contributed by atoms with Crippen molar-refractivity contribution >= 4 is 5.97 Å². The van der Waals surface area contributed by atoms with Crippen LogP contribution in [0.5, 0.6) is 11.5 Å². The van der Waals surface area contributed by atoms with Crippen molar-refractivity contribution in [3.05, 3.63) is 23.8 Å². The van der Waals surface area contributed by atoms with Gasteiger partial charge in [-0.2, -0.15) is 0 Å². The van der Waals surface area contributed by atoms with E-state index in [9.17, 15) is 4.79 Å². The maximum Gasteiger partial charge on any atom is 0.303 e. The molecule has 0 fully saturated rings. The third-order valence-electron chi connectivity index (χ3n) is 2.32. The number of fused-ring (bicyclic) bond motifs is 1. The lowest BCUT2D eigenvalue weighted by Gasteiger charge is -2.23. The standard InChI is InChI=1S/C11H13NO4/c12-10-6-15-8-3-1-7(2-4-11(13)14)5-9(8)16-10/h1,3,5,10H,2,4,6,12H2,(H,13,14). The van der Waals surface area contributed by atoms with Gasteiger partial charge >= 0.3 is 5.97 Å². The fraction of sp³-hybridized carbons (Fsp3) is 0.364. The van der Waals surface area contributed by atoms with E-state index >= 15 is 0 Å². The Kier molecular flexibility index (Phi) is 2.96. The lowest BCUT2D eigenvalue weighted by atomic mass is 10.1. The van der Waals surface area contributed by atoms with Crippen LogP contribution in [0.1, 0.15) is 12.0 Å². The first-order chi connectivity index (χ1) is 7.65. The van der Waals surface area contributed by atoms with E-state index in [1.807, 2.05) is 6.07 Å². The van der Waals surface area contributed by atoms with Gasteiger partial charge in [0.1, 0.15) is 6.61 Å². The Hall–Kier alpha value is -1.75. The smallest absolute Gasteiger partial charge is 0.303 e. The van der Waals surface area contributed by atoms with Gasteiger partial charge in [-0.05, 0) is 24.1 Å². The first-order valence-corrected chi connectivity index (χ1v) is 5.05. The average molecular weight is 223 g/mol. The Morgan fingerprint density at radius 2 is 2.31 bits per heavy atom. The van der Waals surface area contributed by atoms with Crippen molar-refractivity contribution in [2.24, 2.45) is 5.73 Å². The predicted octanol–water partition coefficient (Wildman–Crippen LogP) is 0.760. The SMILES string of the molecule is NC1COc2ccc(CCC(=O)O)cc2O1. The molecule has 0 aromatic heterocycles. The van der Waals surface area contributed by atoms with E-state index in [4.69, 9.17) is 20.3 Å². The van der Waals surface area contributed by atoms with Gasteiger partial charge < -0.3 is 14.6 Å². The second-order valence-corrected chi connectivity index (χ2v) is 3.64. The lowest BCUT2D eigenvalue weighted by Crippen LogP contribution is -2.36. The number of carboxylic acid groups (broad SMARTS) is 1. The van der Waals surface area contributed by atoms with E-state index in [0.29, 0.717) is 24.5 Å². The van der Waals surface area contributed by atoms with Crippen LogP contribution in [-0.4, -0.2) is 23.9 Å². The van der Waals surface area contributed by atoms with Crippen LogP contribution in [0.3, 0.4) is 0 Å². The summed E-state index contributed by atoms with van der Waals surface area (Å²) in [6.07, 6.45) is 0.120. The molecule has 1 unspecified atom stereocenters. The van der Waals surface area contributed by atoms with Gasteiger partial charge in [-0.25, -0.2) is 0 Å². The molecule has 3 N–H and O–H groups in total. The van der Waals surface area contributed by atoms with E-state index in [-0.39, 0.29) is 6.42 Å². The van der Waals surface area contributed by atoms with Gasteiger partial charge in [0.2, 0.25) is 0 Å². The van der Waals surface area contributed by atoms with Crippen LogP contribution in [0.4, 0.5) is 0 Å². The topological polar surface area (TPSA) is 81.8 Å². The van der Waals surface area contributed by atoms with E-state index < -0.39 is 12.2 Å². The summed E-state index contributed by atoms with van der Waals surface area (Å²) in [6, 6.07) is 5.39. The highest BCUT2D eigenvalue weighted by Gasteiger charge is 2.17. The highest BCUT2D eigenvalue weighted by molar-refractivity contribution is 5.67. The Morgan fingerprint density at radius 3 is 3.06 bits per heavy atom. The number of carbonyl (C=O) groups is 1. The largest absolute Gasteiger partial charge is 0.484 e. The van der Waals surface area contributed by atoms with E-state index in [0.717, 1.165) is 5.56 Å². The third kappa shape index (κ3) is 2.43. The molecular formula is C11H13NO4. The summed E-state index contributed by atoms with van der Waals surface area (Å²) in [5.74, 6) is 0.425. The molecule has 86 valence electrons. The summed E-state index contributed by atoms with van der Waals surface area (Å²) >= 11 is 0. The second-order valence-electron chi connectivity index (χ2n) is 3.64. The van der Waals surface area contributed by atoms with Crippen molar-refractivity contribution in [1.82, 2.24) is 0 Å². The van der Waals surface area contributed by atoms with Gasteiger partial charge in [-0.15, -0.1) is 0 Å². The fourth-order valence-corrected chi connectivity index (χ4v) is 1.54. The molecule has 1 aliphatic rings. The van der Waals surface area contributed by atoms with E-state index in [1.54, 1.807) is 12.1 Å². The van der Waals surface area contributed by atoms with Gasteiger partial charge in [-0.1, -0.05) is 6.07 Å². The summed E-state index contributed by atoms with van der Waals surface area (Å²) < 4.78 is 10.7. The van der Waals surface area contributed by atoms with Crippen LogP contribution in [0.15, 0.2) is 18.2 Å². The minimum absolute atomic E-state index is 0.103. The zero-order valence-corrected chi connectivity index (χ0v) is 8.68. The molecule has 0 spiro atoms. The molecule has 5 heteroatoms. The zero-order chi connectivity index (χ0) is 11.5. The minimum atomic E-state index is -0.813. The van der Waals surface area contributed by atoms with Crippen molar-refractivity contribution in [3.63, 3.8) is 0 Å². The van der Waals surface area contributed by atoms with Crippen molar-refractivity contribution < 1.29 is 19.4 Å². The van der Waals surface area contributed by atoms with Gasteiger partial charge in [0.15, 0.2) is 17.7 Å². The summed E-state index contributed by atoms with van der Waals surface area (Å²) in [6.45, 7) is 0.335. The molecule has 0 bridgehead atoms. The van der Waals surface area contributed by atoms with Gasteiger partial charge in [0.05, 0.1) is 0 Å². The maximum atomic E-state index is 10.4. The normalized spacial score (nSPS) is 18.2. The van der Waals surface area contributed by atoms with Crippen LogP contribution in [0, 0.1) is 0 Å². The van der Waals surface area contributed by atoms with Crippen molar-refractivity contribution in [1.29, 1.82) is 0 Å². The summed E-state index contributed by atoms with van der Waals surface area (Å²) in [4.78, 5) is 10.4. The Balaban J connectivity index is 2.11. The third-order valence-corrected chi connectivity index (χ3v) is 2.32. The zero-order valence-electron chi connectivity index (χ0n) is 8.68. The molecule has 1 atom stereocenters. The van der Waals surface area contributed by atoms with Crippen LogP contribution < -0.4 is 15.2 Å². The molecule has 1 heterocycles. The van der Waals surface area contributed by atoms with Crippen molar-refractivity contribution in [2.75, 3.05) is 6.61 Å². The number of carboxylic acids is 1. The number of benzene rings is 1. The van der Waals surface area contributed by atoms with Crippen LogP contribution in [0.2, 0.25) is 0 Å². The second kappa shape index (κ2) is 4.40. The monoisotopic (exact) mass is 223 g/mol. The molecule has 0 radical (unpaired) electrons. The number of ether oxygens (including phenoxy) is 2. The quantitative estimate of drug-likeness (QED) is 0.790. The molecule has 1 aromatic carbocycles. The molecule has 0 saturated heterocycles. The van der Waals surface area contributed by atoms with Gasteiger partial charge in [0, 0.05) is 6.42 Å². The van der Waals surface area contributed by atoms with Gasteiger partial charge in [0.25, 0.3) is 0 Å². The summed E-state index contributed by atoms with van der Waals surface area (Å²) in [5, 5.41) is 8.58. The molecule has 16 heavy (non-hydrogen) atoms. The molecule has 1 aromatic rings. The van der Waals surface area contributed by atoms with Crippen molar-refractivity contribution in [3.8, 4) is 11.5 Å². The Labute approximate surface area is 92.8 Å². The molecule has 0 saturated carbocycles. The van der Waals surface area contributed by atoms with Crippen LogP contribution in [0.25, 0.3) is 0 Å². The molecular weight excluding hydrogens is 210 g/mol. The number of hydrogen-bond donors (Lipinski definition) is 2. The highest BCUT2D eigenvalue weighted by atomic mass is 16.6. The van der Waals surface area contributed by atoms with Crippen LogP contribution >= 0.6 is 0 Å². The summed E-state index contributed by atoms with van der Waals surface area (Å²) in [7, 11) is 0. The first-order valence-electron chi connectivity index (χ1n) is 5.05. The number of rotatable bonds is 3.